The van der Waals surface area contributed by atoms with Gasteiger partial charge in [-0.2, -0.15) is 12.6 Å². The number of nitrogen functional groups attached to an aromatic ring is 1. The number of anilines is 1. The van der Waals surface area contributed by atoms with Crippen LogP contribution in [0.2, 0.25) is 0 Å². The summed E-state index contributed by atoms with van der Waals surface area (Å²) in [6, 6.07) is 6.08. The van der Waals surface area contributed by atoms with E-state index in [-0.39, 0.29) is 0 Å². The zero-order valence-electron chi connectivity index (χ0n) is 6.32. The number of thiazole rings is 1. The molecule has 0 spiro atoms. The summed E-state index contributed by atoms with van der Waals surface area (Å²) in [6.45, 7) is 0. The molecule has 0 fully saturated rings. The van der Waals surface area contributed by atoms with Gasteiger partial charge in [0, 0.05) is 5.75 Å². The zero-order valence-corrected chi connectivity index (χ0v) is 8.03. The number of nitrogens with zero attached hydrogens (tertiary/aromatic N) is 1. The monoisotopic (exact) mass is 196 g/mol. The van der Waals surface area contributed by atoms with E-state index in [4.69, 9.17) is 5.73 Å². The van der Waals surface area contributed by atoms with Crippen LogP contribution in [-0.2, 0) is 5.75 Å². The molecule has 4 heteroatoms. The average molecular weight is 196 g/mol. The Kier molecular flexibility index (Phi) is 1.94. The smallest absolute Gasteiger partial charge is 0.181 e. The molecule has 1 aromatic carbocycles. The molecule has 62 valence electrons. The maximum atomic E-state index is 5.57. The van der Waals surface area contributed by atoms with Gasteiger partial charge in [0.25, 0.3) is 0 Å². The third-order valence-electron chi connectivity index (χ3n) is 1.65. The van der Waals surface area contributed by atoms with E-state index in [0.29, 0.717) is 5.13 Å². The van der Waals surface area contributed by atoms with Gasteiger partial charge >= 0.3 is 0 Å². The second kappa shape index (κ2) is 2.95. The van der Waals surface area contributed by atoms with Gasteiger partial charge in [-0.3, -0.25) is 0 Å². The highest BCUT2D eigenvalue weighted by Gasteiger charge is 2.00. The van der Waals surface area contributed by atoms with Crippen molar-refractivity contribution >= 4 is 39.3 Å². The Hall–Kier alpha value is -0.740. The molecule has 2 N–H and O–H groups in total. The van der Waals surface area contributed by atoms with E-state index in [1.807, 2.05) is 12.1 Å². The van der Waals surface area contributed by atoms with E-state index >= 15 is 0 Å². The van der Waals surface area contributed by atoms with Crippen molar-refractivity contribution in [1.82, 2.24) is 4.98 Å². The predicted molar refractivity (Wildman–Crippen MR) is 56.7 cm³/mol. The standard InChI is InChI=1S/C8H8N2S2/c9-8-10-6-2-1-5(4-11)3-7(6)12-8/h1-3,11H,4H2,(H2,9,10). The van der Waals surface area contributed by atoms with Crippen LogP contribution in [0.3, 0.4) is 0 Å². The molecule has 0 saturated heterocycles. The summed E-state index contributed by atoms with van der Waals surface area (Å²) in [5, 5.41) is 0.626. The molecular weight excluding hydrogens is 188 g/mol. The first-order chi connectivity index (χ1) is 5.79. The summed E-state index contributed by atoms with van der Waals surface area (Å²) in [4.78, 5) is 4.16. The Morgan fingerprint density at radius 2 is 2.33 bits per heavy atom. The normalized spacial score (nSPS) is 10.8. The number of benzene rings is 1. The minimum Gasteiger partial charge on any atom is -0.375 e. The highest BCUT2D eigenvalue weighted by molar-refractivity contribution is 7.79. The minimum atomic E-state index is 0.626. The van der Waals surface area contributed by atoms with E-state index in [9.17, 15) is 0 Å². The maximum absolute atomic E-state index is 5.57. The van der Waals surface area contributed by atoms with E-state index in [1.165, 1.54) is 16.9 Å². The van der Waals surface area contributed by atoms with Crippen LogP contribution in [0, 0.1) is 0 Å². The molecule has 0 radical (unpaired) electrons. The second-order valence-corrected chi connectivity index (χ2v) is 3.89. The SMILES string of the molecule is Nc1nc2ccc(CS)cc2s1. The topological polar surface area (TPSA) is 38.9 Å². The summed E-state index contributed by atoms with van der Waals surface area (Å²) >= 11 is 5.71. The number of hydrogen-bond donors (Lipinski definition) is 2. The lowest BCUT2D eigenvalue weighted by molar-refractivity contribution is 1.43. The number of rotatable bonds is 1. The molecule has 0 aliphatic rings. The van der Waals surface area contributed by atoms with Gasteiger partial charge in [0.2, 0.25) is 0 Å². The first-order valence-electron chi connectivity index (χ1n) is 3.55. The zero-order chi connectivity index (χ0) is 8.55. The molecule has 0 unspecified atom stereocenters. The number of aromatic nitrogens is 1. The van der Waals surface area contributed by atoms with E-state index in [1.54, 1.807) is 0 Å². The first-order valence-corrected chi connectivity index (χ1v) is 5.00. The molecule has 2 nitrogen and oxygen atoms in total. The molecule has 12 heavy (non-hydrogen) atoms. The average Bonchev–Trinajstić information content (AvgIpc) is 2.43. The Balaban J connectivity index is 2.66. The fourth-order valence-corrected chi connectivity index (χ4v) is 2.08. The van der Waals surface area contributed by atoms with E-state index in [0.717, 1.165) is 16.0 Å². The molecule has 0 amide bonds. The molecule has 2 rings (SSSR count). The molecule has 0 aliphatic heterocycles. The first kappa shape index (κ1) is 7.89. The molecule has 1 heterocycles. The fourth-order valence-electron chi connectivity index (χ4n) is 1.09. The Labute approximate surface area is 79.8 Å². The lowest BCUT2D eigenvalue weighted by Crippen LogP contribution is -1.79. The maximum Gasteiger partial charge on any atom is 0.181 e. The number of fused-ring (bicyclic) bond motifs is 1. The van der Waals surface area contributed by atoms with Gasteiger partial charge in [0.1, 0.15) is 0 Å². The third kappa shape index (κ3) is 1.28. The molecule has 1 aromatic heterocycles. The summed E-state index contributed by atoms with van der Waals surface area (Å²) < 4.78 is 1.14. The van der Waals surface area contributed by atoms with Crippen molar-refractivity contribution in [1.29, 1.82) is 0 Å². The van der Waals surface area contributed by atoms with Crippen molar-refractivity contribution in [3.05, 3.63) is 23.8 Å². The van der Waals surface area contributed by atoms with Crippen molar-refractivity contribution in [3.63, 3.8) is 0 Å². The van der Waals surface area contributed by atoms with Crippen LogP contribution >= 0.6 is 24.0 Å². The van der Waals surface area contributed by atoms with Crippen molar-refractivity contribution in [3.8, 4) is 0 Å². The van der Waals surface area contributed by atoms with Gasteiger partial charge in [-0.1, -0.05) is 17.4 Å². The van der Waals surface area contributed by atoms with Crippen LogP contribution < -0.4 is 5.73 Å². The molecule has 0 aliphatic carbocycles. The van der Waals surface area contributed by atoms with Crippen LogP contribution in [0.5, 0.6) is 0 Å². The molecule has 0 bridgehead atoms. The number of hydrogen-bond acceptors (Lipinski definition) is 4. The van der Waals surface area contributed by atoms with Gasteiger partial charge in [-0.25, -0.2) is 4.98 Å². The third-order valence-corrected chi connectivity index (χ3v) is 2.86. The molecule has 0 saturated carbocycles. The quantitative estimate of drug-likeness (QED) is 0.687. The van der Waals surface area contributed by atoms with Gasteiger partial charge in [-0.05, 0) is 17.7 Å². The number of nitrogens with two attached hydrogens (primary N) is 1. The molecule has 2 aromatic rings. The molecular formula is C8H8N2S2. The summed E-state index contributed by atoms with van der Waals surface area (Å²) in [6.07, 6.45) is 0. The highest BCUT2D eigenvalue weighted by atomic mass is 32.1. The summed E-state index contributed by atoms with van der Waals surface area (Å²) in [5.74, 6) is 0.758. The van der Waals surface area contributed by atoms with E-state index < -0.39 is 0 Å². The van der Waals surface area contributed by atoms with Gasteiger partial charge < -0.3 is 5.73 Å². The fraction of sp³-hybridized carbons (Fsp3) is 0.125. The summed E-state index contributed by atoms with van der Waals surface area (Å²) in [5.41, 5.74) is 7.75. The van der Waals surface area contributed by atoms with Crippen LogP contribution in [0.25, 0.3) is 10.2 Å². The van der Waals surface area contributed by atoms with Gasteiger partial charge in [0.15, 0.2) is 5.13 Å². The number of thiol groups is 1. The Morgan fingerprint density at radius 3 is 3.08 bits per heavy atom. The van der Waals surface area contributed by atoms with Crippen LogP contribution in [-0.4, -0.2) is 4.98 Å². The van der Waals surface area contributed by atoms with Crippen molar-refractivity contribution in [2.24, 2.45) is 0 Å². The van der Waals surface area contributed by atoms with Gasteiger partial charge in [-0.15, -0.1) is 0 Å². The van der Waals surface area contributed by atoms with Crippen LogP contribution in [0.4, 0.5) is 5.13 Å². The lowest BCUT2D eigenvalue weighted by Gasteiger charge is -1.92. The van der Waals surface area contributed by atoms with Crippen molar-refractivity contribution in [2.75, 3.05) is 5.73 Å². The van der Waals surface area contributed by atoms with Crippen LogP contribution in [0.1, 0.15) is 5.56 Å². The Bertz CT molecular complexity index is 408. The molecule has 0 atom stereocenters. The minimum absolute atomic E-state index is 0.626. The lowest BCUT2D eigenvalue weighted by atomic mass is 10.2. The predicted octanol–water partition coefficient (Wildman–Crippen LogP) is 2.31. The van der Waals surface area contributed by atoms with E-state index in [2.05, 4.69) is 23.7 Å². The van der Waals surface area contributed by atoms with Crippen LogP contribution in [0.15, 0.2) is 18.2 Å². The van der Waals surface area contributed by atoms with Gasteiger partial charge in [0.05, 0.1) is 10.2 Å². The second-order valence-electron chi connectivity index (χ2n) is 2.51. The highest BCUT2D eigenvalue weighted by Crippen LogP contribution is 2.24. The summed E-state index contributed by atoms with van der Waals surface area (Å²) in [7, 11) is 0. The Morgan fingerprint density at radius 1 is 1.50 bits per heavy atom. The van der Waals surface area contributed by atoms with Crippen molar-refractivity contribution in [2.45, 2.75) is 5.75 Å². The largest absolute Gasteiger partial charge is 0.375 e. The van der Waals surface area contributed by atoms with Crippen molar-refractivity contribution < 1.29 is 0 Å².